The minimum Gasteiger partial charge on any atom is -0.433 e. The zero-order valence-corrected chi connectivity index (χ0v) is 9.94. The number of carbonyl (C=O) groups excluding carboxylic acids is 1. The summed E-state index contributed by atoms with van der Waals surface area (Å²) in [7, 11) is -2.97. The van der Waals surface area contributed by atoms with Gasteiger partial charge in [0.15, 0.2) is 0 Å². The Kier molecular flexibility index (Phi) is 2.87. The summed E-state index contributed by atoms with van der Waals surface area (Å²) in [5, 5.41) is 2.81. The highest BCUT2D eigenvalue weighted by molar-refractivity contribution is 7.56. The molecule has 0 saturated heterocycles. The topological polar surface area (TPSA) is 55.4 Å². The molecule has 1 atom stereocenters. The summed E-state index contributed by atoms with van der Waals surface area (Å²) in [6.07, 6.45) is 2.27. The predicted octanol–water partition coefficient (Wildman–Crippen LogP) is 2.21. The van der Waals surface area contributed by atoms with Crippen LogP contribution in [-0.4, -0.2) is 18.5 Å². The molecule has 0 aromatic heterocycles. The van der Waals surface area contributed by atoms with Crippen molar-refractivity contribution in [3.8, 4) is 5.75 Å². The number of carbonyl (C=O) groups is 1. The number of benzene rings is 1. The lowest BCUT2D eigenvalue weighted by Gasteiger charge is -2.19. The summed E-state index contributed by atoms with van der Waals surface area (Å²) in [4.78, 5) is 10.8. The lowest BCUT2D eigenvalue weighted by atomic mass is 10.3. The third-order valence-electron chi connectivity index (χ3n) is 2.46. The zero-order valence-electron chi connectivity index (χ0n) is 9.05. The second-order valence-electron chi connectivity index (χ2n) is 4.14. The fourth-order valence-corrected chi connectivity index (χ4v) is 3.16. The van der Waals surface area contributed by atoms with Gasteiger partial charge in [0.2, 0.25) is 0 Å². The van der Waals surface area contributed by atoms with E-state index in [2.05, 4.69) is 5.09 Å². The second-order valence-corrected chi connectivity index (χ2v) is 6.23. The summed E-state index contributed by atoms with van der Waals surface area (Å²) in [5.74, 6) is 0.544. The monoisotopic (exact) mass is 239 g/mol. The Labute approximate surface area is 94.5 Å². The fraction of sp³-hybridized carbons (Fsp3) is 0.364. The Morgan fingerprint density at radius 1 is 1.38 bits per heavy atom. The van der Waals surface area contributed by atoms with E-state index in [1.807, 2.05) is 18.2 Å². The average Bonchev–Trinajstić information content (AvgIpc) is 2.98. The highest BCUT2D eigenvalue weighted by Gasteiger charge is 2.46. The van der Waals surface area contributed by atoms with Gasteiger partial charge in [0.1, 0.15) is 12.0 Å². The molecule has 16 heavy (non-hydrogen) atoms. The average molecular weight is 239 g/mol. The minimum atomic E-state index is -2.97. The fourth-order valence-electron chi connectivity index (χ4n) is 1.50. The van der Waals surface area contributed by atoms with Crippen LogP contribution in [0.1, 0.15) is 12.8 Å². The van der Waals surface area contributed by atoms with Crippen molar-refractivity contribution in [1.29, 1.82) is 0 Å². The molecule has 1 aromatic rings. The third kappa shape index (κ3) is 2.71. The molecule has 5 heteroatoms. The van der Waals surface area contributed by atoms with Crippen LogP contribution in [0.5, 0.6) is 5.75 Å². The van der Waals surface area contributed by atoms with Gasteiger partial charge in [-0.1, -0.05) is 18.2 Å². The third-order valence-corrected chi connectivity index (χ3v) is 3.87. The molecular weight excluding hydrogens is 225 g/mol. The van der Waals surface area contributed by atoms with Crippen molar-refractivity contribution in [3.63, 3.8) is 0 Å². The second kappa shape index (κ2) is 4.04. The molecule has 1 saturated carbocycles. The Hall–Kier alpha value is -1.12. The first-order chi connectivity index (χ1) is 7.55. The lowest BCUT2D eigenvalue weighted by molar-refractivity contribution is -0.110. The maximum absolute atomic E-state index is 12.1. The van der Waals surface area contributed by atoms with E-state index in [1.54, 1.807) is 12.1 Å². The van der Waals surface area contributed by atoms with E-state index in [4.69, 9.17) is 4.52 Å². The summed E-state index contributed by atoms with van der Waals surface area (Å²) in [5.41, 5.74) is -0.612. The van der Waals surface area contributed by atoms with E-state index < -0.39 is 13.1 Å². The molecule has 1 aliphatic carbocycles. The largest absolute Gasteiger partial charge is 0.433 e. The molecular formula is C11H14NO3P. The van der Waals surface area contributed by atoms with Crippen LogP contribution in [0.4, 0.5) is 0 Å². The molecule has 0 radical (unpaired) electrons. The normalized spacial score (nSPS) is 20.8. The summed E-state index contributed by atoms with van der Waals surface area (Å²) >= 11 is 0. The SMILES string of the molecule is CP(=O)(NC1(C=O)CC1)Oc1ccccc1. The van der Waals surface area contributed by atoms with Gasteiger partial charge < -0.3 is 9.32 Å². The van der Waals surface area contributed by atoms with Gasteiger partial charge in [-0.3, -0.25) is 4.57 Å². The van der Waals surface area contributed by atoms with E-state index in [0.29, 0.717) is 5.75 Å². The van der Waals surface area contributed by atoms with Gasteiger partial charge in [-0.05, 0) is 25.0 Å². The summed E-state index contributed by atoms with van der Waals surface area (Å²) < 4.78 is 17.5. The van der Waals surface area contributed by atoms with E-state index in [1.165, 1.54) is 6.66 Å². The molecule has 1 unspecified atom stereocenters. The van der Waals surface area contributed by atoms with Crippen LogP contribution < -0.4 is 9.61 Å². The van der Waals surface area contributed by atoms with Gasteiger partial charge in [-0.15, -0.1) is 0 Å². The Morgan fingerprint density at radius 3 is 2.50 bits per heavy atom. The quantitative estimate of drug-likeness (QED) is 0.632. The Balaban J connectivity index is 2.03. The van der Waals surface area contributed by atoms with E-state index in [0.717, 1.165) is 19.1 Å². The Morgan fingerprint density at radius 2 is 2.00 bits per heavy atom. The number of aldehydes is 1. The van der Waals surface area contributed by atoms with Gasteiger partial charge in [0, 0.05) is 6.66 Å². The molecule has 1 fully saturated rings. The molecule has 0 amide bonds. The number of hydrogen-bond acceptors (Lipinski definition) is 3. The van der Waals surface area contributed by atoms with Crippen LogP contribution in [-0.2, 0) is 9.36 Å². The molecule has 0 aliphatic heterocycles. The molecule has 0 heterocycles. The van der Waals surface area contributed by atoms with Gasteiger partial charge in [0.05, 0.1) is 5.54 Å². The summed E-state index contributed by atoms with van der Waals surface area (Å²) in [6, 6.07) is 8.94. The van der Waals surface area contributed by atoms with Crippen LogP contribution >= 0.6 is 7.52 Å². The van der Waals surface area contributed by atoms with Crippen molar-refractivity contribution in [2.45, 2.75) is 18.4 Å². The molecule has 1 aromatic carbocycles. The van der Waals surface area contributed by atoms with Crippen LogP contribution in [0, 0.1) is 0 Å². The number of nitrogens with one attached hydrogen (secondary N) is 1. The molecule has 4 nitrogen and oxygen atoms in total. The van der Waals surface area contributed by atoms with E-state index >= 15 is 0 Å². The van der Waals surface area contributed by atoms with Crippen molar-refractivity contribution in [3.05, 3.63) is 30.3 Å². The van der Waals surface area contributed by atoms with Gasteiger partial charge in [-0.25, -0.2) is 5.09 Å². The smallest absolute Gasteiger partial charge is 0.314 e. The highest BCUT2D eigenvalue weighted by Crippen LogP contribution is 2.47. The van der Waals surface area contributed by atoms with Crippen molar-refractivity contribution in [2.24, 2.45) is 0 Å². The minimum absolute atomic E-state index is 0.544. The number of hydrogen-bond donors (Lipinski definition) is 1. The van der Waals surface area contributed by atoms with Crippen molar-refractivity contribution in [1.82, 2.24) is 5.09 Å². The number of para-hydroxylation sites is 1. The van der Waals surface area contributed by atoms with Crippen molar-refractivity contribution < 1.29 is 13.9 Å². The molecule has 0 bridgehead atoms. The number of rotatable bonds is 5. The van der Waals surface area contributed by atoms with Crippen LogP contribution in [0.25, 0.3) is 0 Å². The lowest BCUT2D eigenvalue weighted by Crippen LogP contribution is -2.31. The first-order valence-corrected chi connectivity index (χ1v) is 7.20. The van der Waals surface area contributed by atoms with Gasteiger partial charge in [0.25, 0.3) is 0 Å². The first-order valence-electron chi connectivity index (χ1n) is 5.13. The molecule has 1 aliphatic rings. The maximum Gasteiger partial charge on any atom is 0.314 e. The van der Waals surface area contributed by atoms with Crippen molar-refractivity contribution in [2.75, 3.05) is 6.66 Å². The van der Waals surface area contributed by atoms with E-state index in [-0.39, 0.29) is 0 Å². The van der Waals surface area contributed by atoms with E-state index in [9.17, 15) is 9.36 Å². The predicted molar refractivity (Wildman–Crippen MR) is 61.8 cm³/mol. The standard InChI is InChI=1S/C11H14NO3P/c1-16(14,12-11(9-13)7-8-11)15-10-5-3-2-4-6-10/h2-6,9H,7-8H2,1H3,(H,12,14). The molecule has 86 valence electrons. The van der Waals surface area contributed by atoms with Crippen molar-refractivity contribution >= 4 is 13.8 Å². The highest BCUT2D eigenvalue weighted by atomic mass is 31.2. The van der Waals surface area contributed by atoms with Gasteiger partial charge in [-0.2, -0.15) is 0 Å². The maximum atomic E-state index is 12.1. The van der Waals surface area contributed by atoms with Crippen LogP contribution in [0.2, 0.25) is 0 Å². The van der Waals surface area contributed by atoms with Gasteiger partial charge >= 0.3 is 7.52 Å². The molecule has 1 N–H and O–H groups in total. The summed E-state index contributed by atoms with van der Waals surface area (Å²) in [6.45, 7) is 1.49. The van der Waals surface area contributed by atoms with Crippen LogP contribution in [0.3, 0.4) is 0 Å². The first kappa shape index (κ1) is 11.4. The molecule has 0 spiro atoms. The zero-order chi connectivity index (χ0) is 11.6. The Bertz CT molecular complexity index is 428. The van der Waals surface area contributed by atoms with Crippen LogP contribution in [0.15, 0.2) is 30.3 Å². The molecule has 2 rings (SSSR count).